The number of aliphatic imine (C=N–C) groups is 1. The van der Waals surface area contributed by atoms with Gasteiger partial charge in [-0.15, -0.1) is 0 Å². The third-order valence-electron chi connectivity index (χ3n) is 5.46. The minimum Gasteiger partial charge on any atom is -0.450 e. The molecule has 1 unspecified atom stereocenters. The fourth-order valence-electron chi connectivity index (χ4n) is 3.76. The van der Waals surface area contributed by atoms with Gasteiger partial charge in [-0.05, 0) is 50.3 Å². The van der Waals surface area contributed by atoms with Crippen LogP contribution in [0.2, 0.25) is 0 Å². The van der Waals surface area contributed by atoms with E-state index in [0.29, 0.717) is 38.8 Å². The number of ether oxygens (including phenoxy) is 2. The smallest absolute Gasteiger partial charge is 0.409 e. The molecule has 1 aromatic rings. The van der Waals surface area contributed by atoms with Crippen LogP contribution in [0.5, 0.6) is 0 Å². The second-order valence-corrected chi connectivity index (χ2v) is 7.72. The molecule has 2 aliphatic rings. The molecule has 1 atom stereocenters. The summed E-state index contributed by atoms with van der Waals surface area (Å²) in [6, 6.07) is 7.99. The highest BCUT2D eigenvalue weighted by molar-refractivity contribution is 5.94. The van der Waals surface area contributed by atoms with Crippen LogP contribution in [0.1, 0.15) is 38.2 Å². The molecule has 3 rings (SSSR count). The molecule has 0 spiro atoms. The molecule has 0 aromatic heterocycles. The predicted octanol–water partition coefficient (Wildman–Crippen LogP) is 2.09. The standard InChI is InChI=1S/C22H33N5O4/c1-3-30-22(29)27-11-9-17(10-12-27)26-21(23-2)24-15-16-6-4-7-18(14-16)25-20(28)19-8-5-13-31-19/h4,6-7,14,17,19H,3,5,8-13,15H2,1-2H3,(H,25,28)(H2,23,24,26). The minimum absolute atomic E-state index is 0.0887. The lowest BCUT2D eigenvalue weighted by molar-refractivity contribution is -0.124. The Labute approximate surface area is 183 Å². The first kappa shape index (κ1) is 22.9. The summed E-state index contributed by atoms with van der Waals surface area (Å²) >= 11 is 0. The van der Waals surface area contributed by atoms with Gasteiger partial charge >= 0.3 is 6.09 Å². The Balaban J connectivity index is 1.44. The van der Waals surface area contributed by atoms with Gasteiger partial charge in [0.1, 0.15) is 6.10 Å². The molecule has 31 heavy (non-hydrogen) atoms. The normalized spacial score (nSPS) is 19.7. The highest BCUT2D eigenvalue weighted by Crippen LogP contribution is 2.16. The Bertz CT molecular complexity index is 771. The summed E-state index contributed by atoms with van der Waals surface area (Å²) in [5, 5.41) is 9.68. The second-order valence-electron chi connectivity index (χ2n) is 7.72. The van der Waals surface area contributed by atoms with E-state index >= 15 is 0 Å². The first-order chi connectivity index (χ1) is 15.1. The molecule has 9 nitrogen and oxygen atoms in total. The van der Waals surface area contributed by atoms with Gasteiger partial charge in [-0.1, -0.05) is 12.1 Å². The first-order valence-corrected chi connectivity index (χ1v) is 11.0. The van der Waals surface area contributed by atoms with Gasteiger partial charge in [0.25, 0.3) is 5.91 Å². The zero-order valence-electron chi connectivity index (χ0n) is 18.4. The van der Waals surface area contributed by atoms with Crippen LogP contribution in [0.3, 0.4) is 0 Å². The molecule has 2 saturated heterocycles. The number of piperidine rings is 1. The van der Waals surface area contributed by atoms with Gasteiger partial charge in [0.15, 0.2) is 5.96 Å². The third kappa shape index (κ3) is 6.85. The van der Waals surface area contributed by atoms with E-state index in [1.165, 1.54) is 0 Å². The van der Waals surface area contributed by atoms with Gasteiger partial charge in [0, 0.05) is 45.0 Å². The molecule has 0 aliphatic carbocycles. The summed E-state index contributed by atoms with van der Waals surface area (Å²) in [6.07, 6.45) is 2.79. The molecule has 0 saturated carbocycles. The zero-order valence-corrected chi connectivity index (χ0v) is 18.4. The Kier molecular flexibility index (Phi) is 8.52. The van der Waals surface area contributed by atoms with Crippen molar-refractivity contribution in [2.45, 2.75) is 51.3 Å². The van der Waals surface area contributed by atoms with Crippen molar-refractivity contribution in [3.05, 3.63) is 29.8 Å². The summed E-state index contributed by atoms with van der Waals surface area (Å²) in [4.78, 5) is 30.1. The highest BCUT2D eigenvalue weighted by Gasteiger charge is 2.24. The maximum atomic E-state index is 12.2. The lowest BCUT2D eigenvalue weighted by Gasteiger charge is -2.32. The molecular formula is C22H33N5O4. The van der Waals surface area contributed by atoms with Crippen LogP contribution in [0, 0.1) is 0 Å². The van der Waals surface area contributed by atoms with Crippen LogP contribution in [-0.4, -0.2) is 68.4 Å². The van der Waals surface area contributed by atoms with Crippen molar-refractivity contribution in [1.29, 1.82) is 0 Å². The van der Waals surface area contributed by atoms with Gasteiger partial charge in [-0.3, -0.25) is 9.79 Å². The van der Waals surface area contributed by atoms with E-state index in [0.717, 1.165) is 36.9 Å². The lowest BCUT2D eigenvalue weighted by Crippen LogP contribution is -2.49. The maximum absolute atomic E-state index is 12.2. The van der Waals surface area contributed by atoms with E-state index in [1.54, 1.807) is 11.9 Å². The van der Waals surface area contributed by atoms with E-state index in [2.05, 4.69) is 20.9 Å². The molecule has 170 valence electrons. The van der Waals surface area contributed by atoms with Crippen LogP contribution < -0.4 is 16.0 Å². The van der Waals surface area contributed by atoms with Crippen LogP contribution in [-0.2, 0) is 20.8 Å². The summed E-state index contributed by atoms with van der Waals surface area (Å²) in [5.74, 6) is 0.623. The van der Waals surface area contributed by atoms with E-state index < -0.39 is 0 Å². The molecule has 2 aliphatic heterocycles. The molecule has 2 fully saturated rings. The lowest BCUT2D eigenvalue weighted by atomic mass is 10.1. The van der Waals surface area contributed by atoms with Crippen molar-refractivity contribution in [1.82, 2.24) is 15.5 Å². The average Bonchev–Trinajstić information content (AvgIpc) is 3.33. The second kappa shape index (κ2) is 11.5. The number of guanidine groups is 1. The molecule has 0 bridgehead atoms. The van der Waals surface area contributed by atoms with Gasteiger partial charge < -0.3 is 30.3 Å². The first-order valence-electron chi connectivity index (χ1n) is 11.0. The average molecular weight is 432 g/mol. The van der Waals surface area contributed by atoms with Gasteiger partial charge in [0.2, 0.25) is 0 Å². The van der Waals surface area contributed by atoms with E-state index in [9.17, 15) is 9.59 Å². The molecule has 2 heterocycles. The van der Waals surface area contributed by atoms with Crippen molar-refractivity contribution in [2.75, 3.05) is 38.7 Å². The predicted molar refractivity (Wildman–Crippen MR) is 119 cm³/mol. The number of hydrogen-bond donors (Lipinski definition) is 3. The Morgan fingerprint density at radius 3 is 2.74 bits per heavy atom. The number of amides is 2. The molecule has 2 amide bonds. The van der Waals surface area contributed by atoms with E-state index in [4.69, 9.17) is 9.47 Å². The van der Waals surface area contributed by atoms with Gasteiger partial charge in [-0.2, -0.15) is 0 Å². The van der Waals surface area contributed by atoms with Crippen LogP contribution in [0.4, 0.5) is 10.5 Å². The van der Waals surface area contributed by atoms with Crippen LogP contribution in [0.15, 0.2) is 29.3 Å². The zero-order chi connectivity index (χ0) is 22.1. The van der Waals surface area contributed by atoms with E-state index in [1.807, 2.05) is 31.2 Å². The Hall–Kier alpha value is -2.81. The summed E-state index contributed by atoms with van der Waals surface area (Å²) in [6.45, 7) is 4.77. The quantitative estimate of drug-likeness (QED) is 0.471. The Morgan fingerprint density at radius 1 is 1.26 bits per heavy atom. The van der Waals surface area contributed by atoms with Crippen molar-refractivity contribution in [2.24, 2.45) is 4.99 Å². The molecule has 3 N–H and O–H groups in total. The molecular weight excluding hydrogens is 398 g/mol. The topological polar surface area (TPSA) is 104 Å². The minimum atomic E-state index is -0.347. The summed E-state index contributed by atoms with van der Waals surface area (Å²) in [7, 11) is 1.74. The Morgan fingerprint density at radius 2 is 2.06 bits per heavy atom. The van der Waals surface area contributed by atoms with Crippen molar-refractivity contribution in [3.63, 3.8) is 0 Å². The van der Waals surface area contributed by atoms with E-state index in [-0.39, 0.29) is 24.1 Å². The van der Waals surface area contributed by atoms with Crippen LogP contribution in [0.25, 0.3) is 0 Å². The summed E-state index contributed by atoms with van der Waals surface area (Å²) < 4.78 is 10.5. The number of nitrogens with zero attached hydrogens (tertiary/aromatic N) is 2. The van der Waals surface area contributed by atoms with Gasteiger partial charge in [-0.25, -0.2) is 4.79 Å². The fourth-order valence-corrected chi connectivity index (χ4v) is 3.76. The van der Waals surface area contributed by atoms with Gasteiger partial charge in [0.05, 0.1) is 6.61 Å². The largest absolute Gasteiger partial charge is 0.450 e. The number of likely N-dealkylation sites (tertiary alicyclic amines) is 1. The monoisotopic (exact) mass is 431 g/mol. The fraction of sp³-hybridized carbons (Fsp3) is 0.591. The van der Waals surface area contributed by atoms with Crippen molar-refractivity contribution < 1.29 is 19.1 Å². The number of nitrogens with one attached hydrogen (secondary N) is 3. The number of anilines is 1. The molecule has 1 aromatic carbocycles. The molecule has 9 heteroatoms. The highest BCUT2D eigenvalue weighted by atomic mass is 16.6. The number of carbonyl (C=O) groups excluding carboxylic acids is 2. The number of carbonyl (C=O) groups is 2. The third-order valence-corrected chi connectivity index (χ3v) is 5.46. The number of hydrogen-bond acceptors (Lipinski definition) is 5. The van der Waals surface area contributed by atoms with Crippen molar-refractivity contribution in [3.8, 4) is 0 Å². The van der Waals surface area contributed by atoms with Crippen molar-refractivity contribution >= 4 is 23.6 Å². The number of benzene rings is 1. The number of rotatable bonds is 6. The summed E-state index contributed by atoms with van der Waals surface area (Å²) in [5.41, 5.74) is 1.79. The SMILES string of the molecule is CCOC(=O)N1CCC(NC(=NC)NCc2cccc(NC(=O)C3CCCO3)c2)CC1. The maximum Gasteiger partial charge on any atom is 0.409 e. The van der Waals surface area contributed by atoms with Crippen LogP contribution >= 0.6 is 0 Å². The molecule has 0 radical (unpaired) electrons.